The van der Waals surface area contributed by atoms with Crippen molar-refractivity contribution in [3.05, 3.63) is 22.4 Å². The Kier molecular flexibility index (Phi) is 2.83. The molecule has 66 valence electrons. The van der Waals surface area contributed by atoms with E-state index in [1.54, 1.807) is 4.88 Å². The third kappa shape index (κ3) is 2.10. The van der Waals surface area contributed by atoms with E-state index in [-0.39, 0.29) is 0 Å². The Bertz CT molecular complexity index is 207. The summed E-state index contributed by atoms with van der Waals surface area (Å²) in [6.45, 7) is 0. The molecule has 0 unspecified atom stereocenters. The summed E-state index contributed by atoms with van der Waals surface area (Å²) in [6.07, 6.45) is 8.69. The summed E-state index contributed by atoms with van der Waals surface area (Å²) >= 11 is 1.92. The van der Waals surface area contributed by atoms with E-state index in [2.05, 4.69) is 17.5 Å². The predicted molar refractivity (Wildman–Crippen MR) is 54.6 cm³/mol. The molecule has 1 aromatic heterocycles. The fraction of sp³-hybridized carbons (Fsp3) is 0.636. The van der Waals surface area contributed by atoms with Gasteiger partial charge in [-0.15, -0.1) is 11.3 Å². The largest absolute Gasteiger partial charge is 0.149 e. The van der Waals surface area contributed by atoms with Crippen LogP contribution < -0.4 is 0 Å². The normalized spacial score (nSPS) is 19.7. The van der Waals surface area contributed by atoms with Gasteiger partial charge in [0.25, 0.3) is 0 Å². The van der Waals surface area contributed by atoms with Gasteiger partial charge in [-0.25, -0.2) is 0 Å². The Labute approximate surface area is 78.6 Å². The SMILES string of the molecule is c1csc(CC2CCCCC2)c1. The van der Waals surface area contributed by atoms with Crippen LogP contribution in [0.5, 0.6) is 0 Å². The fourth-order valence-corrected chi connectivity index (χ4v) is 2.93. The highest BCUT2D eigenvalue weighted by atomic mass is 32.1. The summed E-state index contributed by atoms with van der Waals surface area (Å²) in [7, 11) is 0. The van der Waals surface area contributed by atoms with E-state index < -0.39 is 0 Å². The van der Waals surface area contributed by atoms with Gasteiger partial charge in [-0.3, -0.25) is 0 Å². The molecule has 0 aliphatic heterocycles. The molecular formula is C11H16S. The Hall–Kier alpha value is -0.300. The third-order valence-electron chi connectivity index (χ3n) is 2.79. The van der Waals surface area contributed by atoms with Crippen LogP contribution in [0.3, 0.4) is 0 Å². The monoisotopic (exact) mass is 180 g/mol. The smallest absolute Gasteiger partial charge is 0.00479 e. The van der Waals surface area contributed by atoms with Crippen molar-refractivity contribution in [3.8, 4) is 0 Å². The van der Waals surface area contributed by atoms with Crippen molar-refractivity contribution in [2.75, 3.05) is 0 Å². The molecule has 0 nitrogen and oxygen atoms in total. The van der Waals surface area contributed by atoms with Gasteiger partial charge in [-0.2, -0.15) is 0 Å². The van der Waals surface area contributed by atoms with E-state index in [9.17, 15) is 0 Å². The number of hydrogen-bond donors (Lipinski definition) is 0. The summed E-state index contributed by atoms with van der Waals surface area (Å²) in [5, 5.41) is 2.19. The molecule has 1 saturated carbocycles. The molecule has 1 aliphatic rings. The minimum atomic E-state index is 0.998. The summed E-state index contributed by atoms with van der Waals surface area (Å²) < 4.78 is 0. The van der Waals surface area contributed by atoms with E-state index >= 15 is 0 Å². The summed E-state index contributed by atoms with van der Waals surface area (Å²) in [4.78, 5) is 1.59. The number of thiophene rings is 1. The predicted octanol–water partition coefficient (Wildman–Crippen LogP) is 3.87. The fourth-order valence-electron chi connectivity index (χ4n) is 2.10. The maximum atomic E-state index is 2.28. The Morgan fingerprint density at radius 2 is 2.08 bits per heavy atom. The molecule has 0 saturated heterocycles. The van der Waals surface area contributed by atoms with Gasteiger partial charge < -0.3 is 0 Å². The summed E-state index contributed by atoms with van der Waals surface area (Å²) in [5.41, 5.74) is 0. The van der Waals surface area contributed by atoms with Crippen molar-refractivity contribution in [2.24, 2.45) is 5.92 Å². The van der Waals surface area contributed by atoms with Crippen LogP contribution >= 0.6 is 11.3 Å². The van der Waals surface area contributed by atoms with Crippen LogP contribution in [-0.2, 0) is 6.42 Å². The van der Waals surface area contributed by atoms with Gasteiger partial charge in [-0.05, 0) is 23.8 Å². The van der Waals surface area contributed by atoms with Crippen molar-refractivity contribution in [3.63, 3.8) is 0 Å². The van der Waals surface area contributed by atoms with Crippen LogP contribution in [0.25, 0.3) is 0 Å². The van der Waals surface area contributed by atoms with Crippen LogP contribution in [0.4, 0.5) is 0 Å². The molecule has 0 spiro atoms. The van der Waals surface area contributed by atoms with E-state index in [1.165, 1.54) is 38.5 Å². The van der Waals surface area contributed by atoms with Gasteiger partial charge in [0.15, 0.2) is 0 Å². The maximum absolute atomic E-state index is 2.28. The second kappa shape index (κ2) is 4.08. The Morgan fingerprint density at radius 1 is 1.25 bits per heavy atom. The molecule has 0 atom stereocenters. The van der Waals surface area contributed by atoms with Gasteiger partial charge in [0.1, 0.15) is 0 Å². The van der Waals surface area contributed by atoms with Crippen molar-refractivity contribution in [2.45, 2.75) is 38.5 Å². The zero-order valence-electron chi connectivity index (χ0n) is 7.46. The summed E-state index contributed by atoms with van der Waals surface area (Å²) in [5.74, 6) is 0.998. The standard InChI is InChI=1S/C11H16S/c1-2-5-10(6-3-1)9-11-7-4-8-12-11/h4,7-8,10H,1-3,5-6,9H2. The molecule has 1 heteroatoms. The van der Waals surface area contributed by atoms with E-state index in [0.29, 0.717) is 0 Å². The van der Waals surface area contributed by atoms with Crippen molar-refractivity contribution in [1.29, 1.82) is 0 Å². The first kappa shape index (κ1) is 8.31. The Balaban J connectivity index is 1.86. The lowest BCUT2D eigenvalue weighted by molar-refractivity contribution is 0.358. The van der Waals surface area contributed by atoms with Gasteiger partial charge >= 0.3 is 0 Å². The van der Waals surface area contributed by atoms with Gasteiger partial charge in [-0.1, -0.05) is 38.2 Å². The average Bonchev–Trinajstić information content (AvgIpc) is 2.59. The maximum Gasteiger partial charge on any atom is 0.00479 e. The quantitative estimate of drug-likeness (QED) is 0.648. The minimum absolute atomic E-state index is 0.998. The number of rotatable bonds is 2. The molecular weight excluding hydrogens is 164 g/mol. The van der Waals surface area contributed by atoms with Crippen LogP contribution in [0.2, 0.25) is 0 Å². The Morgan fingerprint density at radius 3 is 2.75 bits per heavy atom. The van der Waals surface area contributed by atoms with Gasteiger partial charge in [0, 0.05) is 4.88 Å². The highest BCUT2D eigenvalue weighted by molar-refractivity contribution is 7.09. The molecule has 1 aliphatic carbocycles. The molecule has 0 bridgehead atoms. The molecule has 0 amide bonds. The average molecular weight is 180 g/mol. The highest BCUT2D eigenvalue weighted by Gasteiger charge is 2.13. The lowest BCUT2D eigenvalue weighted by Gasteiger charge is -2.20. The molecule has 2 rings (SSSR count). The van der Waals surface area contributed by atoms with Crippen molar-refractivity contribution < 1.29 is 0 Å². The molecule has 1 heterocycles. The van der Waals surface area contributed by atoms with Crippen molar-refractivity contribution in [1.82, 2.24) is 0 Å². The van der Waals surface area contributed by atoms with E-state index in [4.69, 9.17) is 0 Å². The molecule has 1 fully saturated rings. The van der Waals surface area contributed by atoms with Crippen LogP contribution in [0, 0.1) is 5.92 Å². The summed E-state index contributed by atoms with van der Waals surface area (Å²) in [6, 6.07) is 4.45. The van der Waals surface area contributed by atoms with Crippen LogP contribution in [0.15, 0.2) is 17.5 Å². The van der Waals surface area contributed by atoms with Crippen molar-refractivity contribution >= 4 is 11.3 Å². The van der Waals surface area contributed by atoms with Gasteiger partial charge in [0.2, 0.25) is 0 Å². The molecule has 1 aromatic rings. The van der Waals surface area contributed by atoms with E-state index in [0.717, 1.165) is 5.92 Å². The first-order valence-electron chi connectivity index (χ1n) is 4.97. The highest BCUT2D eigenvalue weighted by Crippen LogP contribution is 2.27. The second-order valence-electron chi connectivity index (χ2n) is 3.79. The molecule has 0 N–H and O–H groups in total. The topological polar surface area (TPSA) is 0 Å². The first-order chi connectivity index (χ1) is 5.95. The van der Waals surface area contributed by atoms with Crippen LogP contribution in [0.1, 0.15) is 37.0 Å². The number of hydrogen-bond acceptors (Lipinski definition) is 1. The zero-order chi connectivity index (χ0) is 8.23. The lowest BCUT2D eigenvalue weighted by Crippen LogP contribution is -2.08. The zero-order valence-corrected chi connectivity index (χ0v) is 8.28. The minimum Gasteiger partial charge on any atom is -0.149 e. The molecule has 0 aromatic carbocycles. The van der Waals surface area contributed by atoms with E-state index in [1.807, 2.05) is 11.3 Å². The lowest BCUT2D eigenvalue weighted by atomic mass is 9.87. The molecule has 12 heavy (non-hydrogen) atoms. The van der Waals surface area contributed by atoms with Crippen LogP contribution in [-0.4, -0.2) is 0 Å². The third-order valence-corrected chi connectivity index (χ3v) is 3.69. The molecule has 0 radical (unpaired) electrons. The van der Waals surface area contributed by atoms with Gasteiger partial charge in [0.05, 0.1) is 0 Å². The first-order valence-corrected chi connectivity index (χ1v) is 5.85. The second-order valence-corrected chi connectivity index (χ2v) is 4.82.